The highest BCUT2D eigenvalue weighted by Gasteiger charge is 2.19. The van der Waals surface area contributed by atoms with Crippen molar-refractivity contribution in [2.24, 2.45) is 21.5 Å². The summed E-state index contributed by atoms with van der Waals surface area (Å²) in [4.78, 5) is 62.1. The van der Waals surface area contributed by atoms with E-state index in [1.807, 2.05) is 0 Å². The van der Waals surface area contributed by atoms with Crippen molar-refractivity contribution in [1.82, 2.24) is 45.5 Å². The first-order valence-corrected chi connectivity index (χ1v) is 17.5. The van der Waals surface area contributed by atoms with Gasteiger partial charge in [0.15, 0.2) is 56.9 Å². The van der Waals surface area contributed by atoms with E-state index in [4.69, 9.17) is 57.6 Å². The number of nitrogens with one attached hydrogen (secondary N) is 5. The molecule has 1 aliphatic carbocycles. The van der Waals surface area contributed by atoms with Crippen molar-refractivity contribution in [3.05, 3.63) is 21.7 Å². The van der Waals surface area contributed by atoms with Gasteiger partial charge in [-0.25, -0.2) is 19.9 Å². The number of unbranched alkanes of at least 4 members (excludes halogenated alkanes) is 2. The number of anilines is 7. The molecule has 286 valence electrons. The van der Waals surface area contributed by atoms with Gasteiger partial charge in [-0.2, -0.15) is 15.0 Å². The van der Waals surface area contributed by atoms with Crippen molar-refractivity contribution < 1.29 is 9.59 Å². The number of amides is 2. The highest BCUT2D eigenvalue weighted by molar-refractivity contribution is 6.32. The summed E-state index contributed by atoms with van der Waals surface area (Å²) >= 11 is 11.7. The molecule has 4 rings (SSSR count). The summed E-state index contributed by atoms with van der Waals surface area (Å²) < 4.78 is 0. The van der Waals surface area contributed by atoms with Gasteiger partial charge in [0.2, 0.25) is 17.8 Å². The Hall–Kier alpha value is -5.77. The Bertz CT molecular complexity index is 1690. The molecule has 0 unspecified atom stereocenters. The Labute approximate surface area is 314 Å². The van der Waals surface area contributed by atoms with E-state index < -0.39 is 11.8 Å². The summed E-state index contributed by atoms with van der Waals surface area (Å²) in [5.74, 6) is -0.853. The third-order valence-corrected chi connectivity index (χ3v) is 8.15. The number of guanidine groups is 2. The standard InChI is InChI=1S/C29H44Cl2N20O2/c30-17-21(34)45-19(32)15(43-17)23(52)47-25(36)38-10-4-6-12-40-27-49-28(51-29(50-27)42-14-8-2-1-3-9-14)41-13-7-5-11-39-26(37)48-24(53)16-20(33)46-22(35)18(31)44-16/h14H,1-13H2,(H4,32,34,45)(H4,33,35,46)(H3,36,38,47,52)(H3,37,39,48,53)(H3,40,41,42,49,50,51). The van der Waals surface area contributed by atoms with Crippen LogP contribution in [0.4, 0.5) is 41.1 Å². The van der Waals surface area contributed by atoms with Gasteiger partial charge in [-0.15, -0.1) is 0 Å². The molecule has 0 radical (unpaired) electrons. The van der Waals surface area contributed by atoms with E-state index in [2.05, 4.69) is 71.5 Å². The predicted octanol–water partition coefficient (Wildman–Crippen LogP) is 0.705. The minimum absolute atomic E-state index is 0.0883. The molecule has 0 bridgehead atoms. The van der Waals surface area contributed by atoms with Crippen LogP contribution in [0, 0.1) is 0 Å². The fourth-order valence-electron chi connectivity index (χ4n) is 4.95. The lowest BCUT2D eigenvalue weighted by Gasteiger charge is -2.23. The molecule has 1 fully saturated rings. The maximum atomic E-state index is 12.4. The normalized spacial score (nSPS) is 13.7. The lowest BCUT2D eigenvalue weighted by molar-refractivity contribution is 0.0964. The minimum Gasteiger partial charge on any atom is -0.382 e. The molecular weight excluding hydrogens is 731 g/mol. The van der Waals surface area contributed by atoms with E-state index >= 15 is 0 Å². The molecule has 0 aromatic carbocycles. The fraction of sp³-hybridized carbons (Fsp3) is 0.483. The SMILES string of the molecule is NC(=NCCCCNc1nc(NCCCCN=C(N)NC(=O)c2nc(Cl)c(N)nc2N)nc(NC2CCCCC2)n1)NC(=O)c1nc(Cl)c(N)nc1N. The number of aliphatic imine (C=N–C) groups is 2. The summed E-state index contributed by atoms with van der Waals surface area (Å²) in [7, 11) is 0. The number of aromatic nitrogens is 7. The van der Waals surface area contributed by atoms with Crippen LogP contribution in [-0.4, -0.2) is 90.8 Å². The molecule has 24 heteroatoms. The number of carbonyl (C=O) groups excluding carboxylic acids is 2. The summed E-state index contributed by atoms with van der Waals surface area (Å²) in [5.41, 5.74) is 33.8. The number of rotatable bonds is 16. The van der Waals surface area contributed by atoms with Crippen LogP contribution in [0.25, 0.3) is 0 Å². The van der Waals surface area contributed by atoms with Gasteiger partial charge in [-0.05, 0) is 38.5 Å². The monoisotopic (exact) mass is 774 g/mol. The molecule has 0 atom stereocenters. The van der Waals surface area contributed by atoms with Crippen LogP contribution in [-0.2, 0) is 0 Å². The van der Waals surface area contributed by atoms with Crippen molar-refractivity contribution in [2.75, 3.05) is 65.1 Å². The van der Waals surface area contributed by atoms with E-state index in [1.54, 1.807) is 0 Å². The van der Waals surface area contributed by atoms with E-state index in [0.29, 0.717) is 75.7 Å². The van der Waals surface area contributed by atoms with Crippen molar-refractivity contribution >= 4 is 88.1 Å². The number of nitrogens with zero attached hydrogens (tertiary/aromatic N) is 9. The minimum atomic E-state index is -0.708. The number of nitrogens with two attached hydrogens (primary N) is 6. The topological polar surface area (TPSA) is 365 Å². The van der Waals surface area contributed by atoms with Crippen molar-refractivity contribution in [3.63, 3.8) is 0 Å². The molecule has 3 heterocycles. The van der Waals surface area contributed by atoms with Crippen LogP contribution in [0.15, 0.2) is 9.98 Å². The highest BCUT2D eigenvalue weighted by atomic mass is 35.5. The molecule has 53 heavy (non-hydrogen) atoms. The predicted molar refractivity (Wildman–Crippen MR) is 205 cm³/mol. The van der Waals surface area contributed by atoms with Gasteiger partial charge in [0.25, 0.3) is 11.8 Å². The van der Waals surface area contributed by atoms with Gasteiger partial charge in [0, 0.05) is 32.2 Å². The van der Waals surface area contributed by atoms with Gasteiger partial charge in [-0.1, -0.05) is 42.5 Å². The third kappa shape index (κ3) is 12.7. The lowest BCUT2D eigenvalue weighted by Crippen LogP contribution is -2.38. The second-order valence-corrected chi connectivity index (χ2v) is 12.5. The zero-order valence-electron chi connectivity index (χ0n) is 28.8. The molecule has 0 saturated heterocycles. The quantitative estimate of drug-likeness (QED) is 0.0542. The molecule has 17 N–H and O–H groups in total. The van der Waals surface area contributed by atoms with Crippen LogP contribution >= 0.6 is 23.2 Å². The molecule has 0 aliphatic heterocycles. The summed E-state index contributed by atoms with van der Waals surface area (Å²) in [6.07, 6.45) is 8.34. The number of halogens is 2. The Morgan fingerprint density at radius 1 is 0.604 bits per heavy atom. The van der Waals surface area contributed by atoms with Crippen molar-refractivity contribution in [2.45, 2.75) is 63.8 Å². The van der Waals surface area contributed by atoms with Crippen LogP contribution < -0.4 is 61.0 Å². The smallest absolute Gasteiger partial charge is 0.280 e. The molecule has 1 aliphatic rings. The first kappa shape index (κ1) is 40.0. The Morgan fingerprint density at radius 2 is 1.04 bits per heavy atom. The van der Waals surface area contributed by atoms with Gasteiger partial charge in [0.05, 0.1) is 0 Å². The zero-order chi connectivity index (χ0) is 38.3. The third-order valence-electron chi connectivity index (χ3n) is 7.60. The molecule has 3 aromatic rings. The largest absolute Gasteiger partial charge is 0.382 e. The molecular formula is C29H44Cl2N20O2. The highest BCUT2D eigenvalue weighted by Crippen LogP contribution is 2.22. The first-order chi connectivity index (χ1) is 25.4. The van der Waals surface area contributed by atoms with Crippen LogP contribution in [0.2, 0.25) is 10.3 Å². The summed E-state index contributed by atoms with van der Waals surface area (Å²) in [5, 5.41) is 14.4. The Morgan fingerprint density at radius 3 is 1.49 bits per heavy atom. The second-order valence-electron chi connectivity index (χ2n) is 11.8. The number of carbonyl (C=O) groups is 2. The van der Waals surface area contributed by atoms with E-state index in [9.17, 15) is 9.59 Å². The molecule has 3 aromatic heterocycles. The molecule has 2 amide bonds. The second kappa shape index (κ2) is 19.7. The van der Waals surface area contributed by atoms with Crippen LogP contribution in [0.1, 0.15) is 78.8 Å². The average Bonchev–Trinajstić information content (AvgIpc) is 3.11. The van der Waals surface area contributed by atoms with Crippen LogP contribution in [0.3, 0.4) is 0 Å². The number of nitrogen functional groups attached to an aromatic ring is 4. The summed E-state index contributed by atoms with van der Waals surface area (Å²) in [6, 6.07) is 0.292. The Balaban J connectivity index is 1.22. The average molecular weight is 776 g/mol. The molecule has 0 spiro atoms. The van der Waals surface area contributed by atoms with Gasteiger partial charge < -0.3 is 50.4 Å². The lowest BCUT2D eigenvalue weighted by atomic mass is 9.96. The first-order valence-electron chi connectivity index (χ1n) is 16.8. The fourth-order valence-corrected chi connectivity index (χ4v) is 5.20. The molecule has 22 nitrogen and oxygen atoms in total. The van der Waals surface area contributed by atoms with Gasteiger partial charge in [0.1, 0.15) is 0 Å². The van der Waals surface area contributed by atoms with Crippen LogP contribution in [0.5, 0.6) is 0 Å². The maximum absolute atomic E-state index is 12.4. The number of hydrogen-bond donors (Lipinski definition) is 11. The van der Waals surface area contributed by atoms with Crippen molar-refractivity contribution in [3.8, 4) is 0 Å². The van der Waals surface area contributed by atoms with E-state index in [-0.39, 0.29) is 56.9 Å². The zero-order valence-corrected chi connectivity index (χ0v) is 30.3. The van der Waals surface area contributed by atoms with E-state index in [1.165, 1.54) is 6.42 Å². The Kier molecular flexibility index (Phi) is 14.9. The maximum Gasteiger partial charge on any atom is 0.280 e. The van der Waals surface area contributed by atoms with Crippen molar-refractivity contribution in [1.29, 1.82) is 0 Å². The van der Waals surface area contributed by atoms with Gasteiger partial charge in [-0.3, -0.25) is 30.2 Å². The molecule has 1 saturated carbocycles. The number of hydrogen-bond acceptors (Lipinski definition) is 18. The van der Waals surface area contributed by atoms with Gasteiger partial charge >= 0.3 is 0 Å². The summed E-state index contributed by atoms with van der Waals surface area (Å²) in [6.45, 7) is 1.78. The van der Waals surface area contributed by atoms with E-state index in [0.717, 1.165) is 25.7 Å².